The molecule has 1 amide bonds. The summed E-state index contributed by atoms with van der Waals surface area (Å²) in [5.41, 5.74) is 2.04. The van der Waals surface area contributed by atoms with Crippen LogP contribution in [0.25, 0.3) is 6.08 Å². The van der Waals surface area contributed by atoms with Crippen molar-refractivity contribution in [2.75, 3.05) is 5.32 Å². The van der Waals surface area contributed by atoms with Crippen LogP contribution in [0.3, 0.4) is 0 Å². The first-order chi connectivity index (χ1) is 9.93. The fraction of sp³-hybridized carbons (Fsp3) is 0.125. The summed E-state index contributed by atoms with van der Waals surface area (Å²) in [6, 6.07) is 7.05. The van der Waals surface area contributed by atoms with Gasteiger partial charge in [-0.25, -0.2) is 0 Å². The van der Waals surface area contributed by atoms with Crippen LogP contribution >= 0.6 is 15.9 Å². The molecule has 108 valence electrons. The Morgan fingerprint density at radius 2 is 2.14 bits per heavy atom. The molecule has 1 heterocycles. The number of rotatable bonds is 3. The number of halogens is 1. The van der Waals surface area contributed by atoms with E-state index >= 15 is 0 Å². The van der Waals surface area contributed by atoms with Gasteiger partial charge in [-0.1, -0.05) is 34.7 Å². The molecule has 0 radical (unpaired) electrons. The molecule has 0 aliphatic carbocycles. The summed E-state index contributed by atoms with van der Waals surface area (Å²) in [6.07, 6.45) is 3.23. The van der Waals surface area contributed by atoms with E-state index in [4.69, 9.17) is 0 Å². The predicted octanol–water partition coefficient (Wildman–Crippen LogP) is 3.35. The molecule has 0 fully saturated rings. The van der Waals surface area contributed by atoms with Crippen molar-refractivity contribution in [3.05, 3.63) is 68.6 Å². The number of benzene rings is 1. The highest BCUT2D eigenvalue weighted by Gasteiger charge is 2.14. The molecule has 0 bridgehead atoms. The molecule has 1 N–H and O–H groups in total. The van der Waals surface area contributed by atoms with E-state index in [1.807, 2.05) is 19.1 Å². The highest BCUT2D eigenvalue weighted by atomic mass is 79.9. The van der Waals surface area contributed by atoms with Gasteiger partial charge >= 0.3 is 0 Å². The first kappa shape index (κ1) is 15.3. The third kappa shape index (κ3) is 3.13. The van der Waals surface area contributed by atoms with E-state index in [-0.39, 0.29) is 11.1 Å². The highest BCUT2D eigenvalue weighted by molar-refractivity contribution is 9.10. The topological polar surface area (TPSA) is 51.1 Å². The Bertz CT molecular complexity index is 778. The van der Waals surface area contributed by atoms with Gasteiger partial charge in [0.15, 0.2) is 0 Å². The fourth-order valence-corrected chi connectivity index (χ4v) is 2.31. The second-order valence-electron chi connectivity index (χ2n) is 4.67. The van der Waals surface area contributed by atoms with Crippen LogP contribution < -0.4 is 10.9 Å². The minimum Gasteiger partial charge on any atom is -0.322 e. The van der Waals surface area contributed by atoms with E-state index in [0.717, 1.165) is 10.0 Å². The summed E-state index contributed by atoms with van der Waals surface area (Å²) in [6.45, 7) is 5.55. The zero-order valence-electron chi connectivity index (χ0n) is 11.8. The number of aromatic nitrogens is 1. The Labute approximate surface area is 131 Å². The van der Waals surface area contributed by atoms with Gasteiger partial charge in [0.2, 0.25) is 0 Å². The molecular weight excluding hydrogens is 332 g/mol. The fourth-order valence-electron chi connectivity index (χ4n) is 1.94. The zero-order valence-corrected chi connectivity index (χ0v) is 13.4. The van der Waals surface area contributed by atoms with E-state index in [1.54, 1.807) is 25.4 Å². The van der Waals surface area contributed by atoms with Gasteiger partial charge in [-0.15, -0.1) is 0 Å². The summed E-state index contributed by atoms with van der Waals surface area (Å²) in [4.78, 5) is 24.4. The second-order valence-corrected chi connectivity index (χ2v) is 5.53. The summed E-state index contributed by atoms with van der Waals surface area (Å²) in [5.74, 6) is -0.430. The van der Waals surface area contributed by atoms with Crippen LogP contribution in [-0.4, -0.2) is 10.5 Å². The molecule has 0 saturated heterocycles. The lowest BCUT2D eigenvalue weighted by atomic mass is 10.1. The predicted molar refractivity (Wildman–Crippen MR) is 88.6 cm³/mol. The highest BCUT2D eigenvalue weighted by Crippen LogP contribution is 2.23. The summed E-state index contributed by atoms with van der Waals surface area (Å²) in [7, 11) is 1.61. The Kier molecular flexibility index (Phi) is 4.43. The van der Waals surface area contributed by atoms with Crippen molar-refractivity contribution in [1.29, 1.82) is 0 Å². The number of pyridine rings is 1. The zero-order chi connectivity index (χ0) is 15.6. The lowest BCUT2D eigenvalue weighted by molar-refractivity contribution is 0.102. The average molecular weight is 347 g/mol. The molecule has 2 aromatic rings. The molecule has 1 aromatic heterocycles. The molecule has 0 saturated carbocycles. The summed E-state index contributed by atoms with van der Waals surface area (Å²) < 4.78 is 2.27. The molecule has 5 heteroatoms. The van der Waals surface area contributed by atoms with Crippen LogP contribution in [0.2, 0.25) is 0 Å². The number of hydrogen-bond acceptors (Lipinski definition) is 2. The third-order valence-corrected chi connectivity index (χ3v) is 4.06. The monoisotopic (exact) mass is 346 g/mol. The lowest BCUT2D eigenvalue weighted by Crippen LogP contribution is -2.27. The molecule has 0 spiro atoms. The molecule has 0 aliphatic heterocycles. The SMILES string of the molecule is C=Cc1cc(C(=O)Nc2cccc(Br)c2C)c(=O)n(C)c1. The Balaban J connectivity index is 2.41. The molecule has 0 atom stereocenters. The van der Waals surface area contributed by atoms with Gasteiger partial charge in [0.1, 0.15) is 5.56 Å². The van der Waals surface area contributed by atoms with Crippen molar-refractivity contribution in [1.82, 2.24) is 4.57 Å². The van der Waals surface area contributed by atoms with Crippen molar-refractivity contribution >= 4 is 33.6 Å². The van der Waals surface area contributed by atoms with Gasteiger partial charge in [-0.2, -0.15) is 0 Å². The number of nitrogens with one attached hydrogen (secondary N) is 1. The van der Waals surface area contributed by atoms with Gasteiger partial charge in [0.25, 0.3) is 11.5 Å². The van der Waals surface area contributed by atoms with E-state index in [2.05, 4.69) is 27.8 Å². The number of aryl methyl sites for hydroxylation is 1. The quantitative estimate of drug-likeness (QED) is 0.926. The lowest BCUT2D eigenvalue weighted by Gasteiger charge is -2.10. The minimum atomic E-state index is -0.430. The average Bonchev–Trinajstić information content (AvgIpc) is 2.46. The number of anilines is 1. The van der Waals surface area contributed by atoms with Gasteiger partial charge in [-0.3, -0.25) is 9.59 Å². The van der Waals surface area contributed by atoms with Crippen molar-refractivity contribution < 1.29 is 4.79 Å². The van der Waals surface area contributed by atoms with Crippen LogP contribution in [0.15, 0.2) is 46.3 Å². The normalized spacial score (nSPS) is 10.2. The maximum Gasteiger partial charge on any atom is 0.263 e. The maximum absolute atomic E-state index is 12.3. The number of carbonyl (C=O) groups is 1. The van der Waals surface area contributed by atoms with Crippen LogP contribution in [0.1, 0.15) is 21.5 Å². The van der Waals surface area contributed by atoms with Crippen LogP contribution in [0, 0.1) is 6.92 Å². The summed E-state index contributed by atoms with van der Waals surface area (Å²) >= 11 is 3.41. The van der Waals surface area contributed by atoms with E-state index in [1.165, 1.54) is 10.6 Å². The Morgan fingerprint density at radius 1 is 1.43 bits per heavy atom. The van der Waals surface area contributed by atoms with Crippen molar-refractivity contribution in [3.63, 3.8) is 0 Å². The number of amides is 1. The Morgan fingerprint density at radius 3 is 2.81 bits per heavy atom. The molecule has 1 aromatic carbocycles. The first-order valence-corrected chi connectivity index (χ1v) is 7.13. The smallest absolute Gasteiger partial charge is 0.263 e. The van der Waals surface area contributed by atoms with Crippen molar-refractivity contribution in [3.8, 4) is 0 Å². The largest absolute Gasteiger partial charge is 0.322 e. The van der Waals surface area contributed by atoms with Crippen molar-refractivity contribution in [2.24, 2.45) is 7.05 Å². The minimum absolute atomic E-state index is 0.0919. The Hall–Kier alpha value is -2.14. The molecule has 21 heavy (non-hydrogen) atoms. The second kappa shape index (κ2) is 6.10. The van der Waals surface area contributed by atoms with Gasteiger partial charge in [0, 0.05) is 23.4 Å². The molecule has 4 nitrogen and oxygen atoms in total. The van der Waals surface area contributed by atoms with Crippen LogP contribution in [0.4, 0.5) is 5.69 Å². The molecule has 2 rings (SSSR count). The molecular formula is C16H15BrN2O2. The van der Waals surface area contributed by atoms with Gasteiger partial charge < -0.3 is 9.88 Å². The van der Waals surface area contributed by atoms with Crippen LogP contribution in [0.5, 0.6) is 0 Å². The maximum atomic E-state index is 12.3. The third-order valence-electron chi connectivity index (χ3n) is 3.20. The van der Waals surface area contributed by atoms with E-state index < -0.39 is 5.91 Å². The number of carbonyl (C=O) groups excluding carboxylic acids is 1. The summed E-state index contributed by atoms with van der Waals surface area (Å²) in [5, 5.41) is 2.77. The van der Waals surface area contributed by atoms with Gasteiger partial charge in [0.05, 0.1) is 0 Å². The van der Waals surface area contributed by atoms with E-state index in [0.29, 0.717) is 11.3 Å². The van der Waals surface area contributed by atoms with Gasteiger partial charge in [-0.05, 0) is 36.2 Å². The van der Waals surface area contributed by atoms with Crippen LogP contribution in [-0.2, 0) is 7.05 Å². The number of hydrogen-bond donors (Lipinski definition) is 1. The number of nitrogens with zero attached hydrogens (tertiary/aromatic N) is 1. The molecule has 0 aliphatic rings. The molecule has 0 unspecified atom stereocenters. The van der Waals surface area contributed by atoms with E-state index in [9.17, 15) is 9.59 Å². The first-order valence-electron chi connectivity index (χ1n) is 6.33. The standard InChI is InChI=1S/C16H15BrN2O2/c1-4-11-8-12(16(21)19(3)9-11)15(20)18-14-7-5-6-13(17)10(14)2/h4-9H,1H2,2-3H3,(H,18,20). The van der Waals surface area contributed by atoms with Crippen molar-refractivity contribution in [2.45, 2.75) is 6.92 Å².